The molecule has 0 unspecified atom stereocenters. The molecular weight excluding hydrogens is 368 g/mol. The molecule has 0 fully saturated rings. The number of ether oxygens (including phenoxy) is 1. The molecule has 1 aliphatic heterocycles. The van der Waals surface area contributed by atoms with Crippen LogP contribution < -0.4 is 10.0 Å². The number of fused-ring (bicyclic) bond motifs is 1. The predicted molar refractivity (Wildman–Crippen MR) is 101 cm³/mol. The second kappa shape index (κ2) is 7.03. The van der Waals surface area contributed by atoms with E-state index in [4.69, 9.17) is 10.5 Å². The normalized spacial score (nSPS) is 17.3. The van der Waals surface area contributed by atoms with Gasteiger partial charge >= 0.3 is 5.97 Å². The van der Waals surface area contributed by atoms with Gasteiger partial charge in [0, 0.05) is 11.6 Å². The molecule has 2 N–H and O–H groups in total. The minimum absolute atomic E-state index is 0.232. The fourth-order valence-electron chi connectivity index (χ4n) is 3.33. The first kappa shape index (κ1) is 18.9. The average molecular weight is 388 g/mol. The van der Waals surface area contributed by atoms with Crippen molar-refractivity contribution in [2.45, 2.75) is 25.5 Å². The number of hydrogen-bond acceptors (Lipinski definition) is 5. The second-order valence-corrected chi connectivity index (χ2v) is 8.41. The Balaban J connectivity index is 1.87. The average Bonchev–Trinajstić information content (AvgIpc) is 2.94. The van der Waals surface area contributed by atoms with Gasteiger partial charge in [0.05, 0.1) is 17.5 Å². The van der Waals surface area contributed by atoms with Crippen molar-refractivity contribution in [3.8, 4) is 0 Å². The summed E-state index contributed by atoms with van der Waals surface area (Å²) < 4.78 is 30.6. The van der Waals surface area contributed by atoms with Crippen LogP contribution in [0, 0.1) is 0 Å². The molecule has 1 aliphatic rings. The molecule has 142 valence electrons. The van der Waals surface area contributed by atoms with Crippen LogP contribution in [0.4, 0.5) is 5.69 Å². The van der Waals surface area contributed by atoms with Gasteiger partial charge in [-0.1, -0.05) is 30.3 Å². The van der Waals surface area contributed by atoms with Gasteiger partial charge in [-0.2, -0.15) is 0 Å². The summed E-state index contributed by atoms with van der Waals surface area (Å²) in [6.45, 7) is 1.80. The van der Waals surface area contributed by atoms with Gasteiger partial charge in [0.2, 0.25) is 16.1 Å². The molecule has 2 aromatic rings. The van der Waals surface area contributed by atoms with E-state index in [1.807, 2.05) is 0 Å². The Morgan fingerprint density at radius 1 is 1.19 bits per heavy atom. The van der Waals surface area contributed by atoms with E-state index in [-0.39, 0.29) is 11.6 Å². The van der Waals surface area contributed by atoms with Crippen LogP contribution in [-0.4, -0.2) is 32.6 Å². The van der Waals surface area contributed by atoms with Crippen LogP contribution in [0.15, 0.2) is 48.5 Å². The van der Waals surface area contributed by atoms with Crippen molar-refractivity contribution in [2.75, 3.05) is 10.6 Å². The number of carbonyl (C=O) groups is 2. The van der Waals surface area contributed by atoms with Gasteiger partial charge in [-0.25, -0.2) is 13.2 Å². The van der Waals surface area contributed by atoms with E-state index >= 15 is 0 Å². The number of carbonyl (C=O) groups excluding carboxylic acids is 2. The fraction of sp³-hybridized carbons (Fsp3) is 0.263. The van der Waals surface area contributed by atoms with Crippen LogP contribution in [0.1, 0.15) is 34.5 Å². The molecule has 0 saturated carbocycles. The summed E-state index contributed by atoms with van der Waals surface area (Å²) in [4.78, 5) is 24.3. The number of rotatable bonds is 5. The third-order valence-corrected chi connectivity index (χ3v) is 5.68. The molecule has 0 aromatic heterocycles. The number of nitrogens with two attached hydrogens (primary N) is 1. The third-order valence-electron chi connectivity index (χ3n) is 4.41. The number of anilines is 1. The SMILES string of the molecule is C[C@@H]1Cc2cc(C(=O)O[C@H](C(N)=O)c3ccccc3)ccc2N1S(C)(=O)=O. The highest BCUT2D eigenvalue weighted by atomic mass is 32.2. The molecule has 0 bridgehead atoms. The zero-order valence-corrected chi connectivity index (χ0v) is 15.8. The summed E-state index contributed by atoms with van der Waals surface area (Å²) >= 11 is 0. The Hall–Kier alpha value is -2.87. The number of sulfonamides is 1. The molecule has 7 nitrogen and oxygen atoms in total. The highest BCUT2D eigenvalue weighted by Crippen LogP contribution is 2.35. The van der Waals surface area contributed by atoms with E-state index in [1.165, 1.54) is 10.4 Å². The zero-order valence-electron chi connectivity index (χ0n) is 15.0. The maximum Gasteiger partial charge on any atom is 0.339 e. The maximum absolute atomic E-state index is 12.5. The van der Waals surface area contributed by atoms with Crippen molar-refractivity contribution in [3.63, 3.8) is 0 Å². The fourth-order valence-corrected chi connectivity index (χ4v) is 4.59. The highest BCUT2D eigenvalue weighted by Gasteiger charge is 2.33. The number of esters is 1. The lowest BCUT2D eigenvalue weighted by Gasteiger charge is -2.22. The molecule has 2 aromatic carbocycles. The Morgan fingerprint density at radius 3 is 2.44 bits per heavy atom. The third kappa shape index (κ3) is 3.80. The first-order valence-corrected chi connectivity index (χ1v) is 10.2. The molecule has 1 heterocycles. The van der Waals surface area contributed by atoms with Crippen molar-refractivity contribution >= 4 is 27.6 Å². The van der Waals surface area contributed by atoms with Crippen LogP contribution in [0.5, 0.6) is 0 Å². The Morgan fingerprint density at radius 2 is 1.85 bits per heavy atom. The summed E-state index contributed by atoms with van der Waals surface area (Å²) in [6, 6.07) is 12.9. The van der Waals surface area contributed by atoms with Crippen LogP contribution in [0.25, 0.3) is 0 Å². The number of hydrogen-bond donors (Lipinski definition) is 1. The first-order valence-electron chi connectivity index (χ1n) is 8.36. The Kier molecular flexibility index (Phi) is 4.93. The molecule has 0 spiro atoms. The van der Waals surface area contributed by atoms with Crippen molar-refractivity contribution in [3.05, 3.63) is 65.2 Å². The van der Waals surface area contributed by atoms with E-state index in [9.17, 15) is 18.0 Å². The summed E-state index contributed by atoms with van der Waals surface area (Å²) in [7, 11) is -3.41. The molecule has 3 rings (SSSR count). The topological polar surface area (TPSA) is 107 Å². The first-order chi connectivity index (χ1) is 12.7. The van der Waals surface area contributed by atoms with Crippen molar-refractivity contribution in [1.82, 2.24) is 0 Å². The van der Waals surface area contributed by atoms with Gasteiger partial charge in [0.25, 0.3) is 5.91 Å². The van der Waals surface area contributed by atoms with E-state index in [0.29, 0.717) is 17.7 Å². The maximum atomic E-state index is 12.5. The van der Waals surface area contributed by atoms with Gasteiger partial charge < -0.3 is 10.5 Å². The molecule has 27 heavy (non-hydrogen) atoms. The summed E-state index contributed by atoms with van der Waals surface area (Å²) in [5.41, 5.74) is 7.38. The van der Waals surface area contributed by atoms with E-state index < -0.39 is 28.0 Å². The molecule has 8 heteroatoms. The lowest BCUT2D eigenvalue weighted by molar-refractivity contribution is -0.127. The number of primary amides is 1. The van der Waals surface area contributed by atoms with Gasteiger partial charge in [-0.3, -0.25) is 9.10 Å². The lowest BCUT2D eigenvalue weighted by atomic mass is 10.1. The van der Waals surface area contributed by atoms with Gasteiger partial charge in [-0.05, 0) is 37.1 Å². The lowest BCUT2D eigenvalue weighted by Crippen LogP contribution is -2.34. The minimum atomic E-state index is -3.41. The second-order valence-electron chi connectivity index (χ2n) is 6.55. The molecule has 2 atom stereocenters. The van der Waals surface area contributed by atoms with Crippen LogP contribution in [0.3, 0.4) is 0 Å². The molecule has 0 radical (unpaired) electrons. The predicted octanol–water partition coefficient (Wildman–Crippen LogP) is 1.78. The smallest absolute Gasteiger partial charge is 0.339 e. The summed E-state index contributed by atoms with van der Waals surface area (Å²) in [5, 5.41) is 0. The van der Waals surface area contributed by atoms with Crippen molar-refractivity contribution in [1.29, 1.82) is 0 Å². The molecule has 1 amide bonds. The van der Waals surface area contributed by atoms with Crippen LogP contribution in [0.2, 0.25) is 0 Å². The Labute approximate surface area is 157 Å². The monoisotopic (exact) mass is 388 g/mol. The number of benzene rings is 2. The summed E-state index contributed by atoms with van der Waals surface area (Å²) in [5.74, 6) is -1.47. The van der Waals surface area contributed by atoms with Gasteiger partial charge in [0.15, 0.2) is 0 Å². The van der Waals surface area contributed by atoms with Crippen LogP contribution in [-0.2, 0) is 26.0 Å². The highest BCUT2D eigenvalue weighted by molar-refractivity contribution is 7.92. The van der Waals surface area contributed by atoms with Gasteiger partial charge in [-0.15, -0.1) is 0 Å². The van der Waals surface area contributed by atoms with E-state index in [1.54, 1.807) is 49.4 Å². The molecular formula is C19H20N2O5S. The molecule has 0 saturated heterocycles. The van der Waals surface area contributed by atoms with Crippen molar-refractivity contribution < 1.29 is 22.7 Å². The van der Waals surface area contributed by atoms with Gasteiger partial charge in [0.1, 0.15) is 0 Å². The molecule has 0 aliphatic carbocycles. The quantitative estimate of drug-likeness (QED) is 0.786. The summed E-state index contributed by atoms with van der Waals surface area (Å²) in [6.07, 6.45) is 0.443. The Bertz CT molecular complexity index is 988. The number of amides is 1. The van der Waals surface area contributed by atoms with Crippen molar-refractivity contribution in [2.24, 2.45) is 5.73 Å². The minimum Gasteiger partial charge on any atom is -0.444 e. The number of nitrogens with zero attached hydrogens (tertiary/aromatic N) is 1. The largest absolute Gasteiger partial charge is 0.444 e. The van der Waals surface area contributed by atoms with E-state index in [2.05, 4.69) is 0 Å². The van der Waals surface area contributed by atoms with E-state index in [0.717, 1.165) is 11.8 Å². The van der Waals surface area contributed by atoms with Crippen LogP contribution >= 0.6 is 0 Å². The zero-order chi connectivity index (χ0) is 19.8. The standard InChI is InChI=1S/C19H20N2O5S/c1-12-10-15-11-14(8-9-16(15)21(12)27(2,24)25)19(23)26-17(18(20)22)13-6-4-3-5-7-13/h3-9,11-12,17H,10H2,1-2H3,(H2,20,22)/t12-,17+/m1/s1.